The van der Waals surface area contributed by atoms with E-state index in [1.807, 2.05) is 54.7 Å². The fourth-order valence-corrected chi connectivity index (χ4v) is 9.53. The van der Waals surface area contributed by atoms with Crippen LogP contribution in [0.2, 0.25) is 0 Å². The molecule has 0 aliphatic carbocycles. The molecule has 1 heterocycles. The van der Waals surface area contributed by atoms with Crippen molar-refractivity contribution in [1.82, 2.24) is 5.32 Å². The van der Waals surface area contributed by atoms with Gasteiger partial charge in [-0.2, -0.15) is 0 Å². The lowest BCUT2D eigenvalue weighted by atomic mass is 9.99. The van der Waals surface area contributed by atoms with E-state index >= 15 is 0 Å². The zero-order chi connectivity index (χ0) is 57.5. The van der Waals surface area contributed by atoms with Crippen molar-refractivity contribution in [3.63, 3.8) is 0 Å². The van der Waals surface area contributed by atoms with E-state index in [1.165, 1.54) is 135 Å². The van der Waals surface area contributed by atoms with Crippen molar-refractivity contribution in [3.05, 3.63) is 97.2 Å². The number of ether oxygens (including phenoxy) is 3. The Morgan fingerprint density at radius 2 is 0.962 bits per heavy atom. The number of allylic oxidation sites excluding steroid dienone is 15. The third-order valence-corrected chi connectivity index (χ3v) is 14.6. The molecular formula is C68H117NO10. The summed E-state index contributed by atoms with van der Waals surface area (Å²) < 4.78 is 17.6. The molecule has 0 spiro atoms. The van der Waals surface area contributed by atoms with Crippen LogP contribution >= 0.6 is 0 Å². The molecule has 11 heteroatoms. The van der Waals surface area contributed by atoms with Crippen LogP contribution < -0.4 is 5.32 Å². The maximum absolute atomic E-state index is 13.4. The van der Waals surface area contributed by atoms with E-state index in [2.05, 4.69) is 62.5 Å². The van der Waals surface area contributed by atoms with E-state index < -0.39 is 67.4 Å². The molecule has 0 radical (unpaired) electrons. The molecular weight excluding hydrogens is 991 g/mol. The summed E-state index contributed by atoms with van der Waals surface area (Å²) in [4.78, 5) is 26.5. The number of nitrogens with one attached hydrogen (secondary N) is 1. The first-order chi connectivity index (χ1) is 38.7. The maximum atomic E-state index is 13.4. The van der Waals surface area contributed by atoms with Gasteiger partial charge in [-0.05, 0) is 77.0 Å². The zero-order valence-electron chi connectivity index (χ0n) is 50.2. The van der Waals surface area contributed by atoms with Crippen LogP contribution in [0.25, 0.3) is 0 Å². The average molecular weight is 1110 g/mol. The Morgan fingerprint density at radius 1 is 0.519 bits per heavy atom. The summed E-state index contributed by atoms with van der Waals surface area (Å²) in [6.07, 6.45) is 63.1. The third-order valence-electron chi connectivity index (χ3n) is 14.6. The van der Waals surface area contributed by atoms with Gasteiger partial charge >= 0.3 is 5.97 Å². The molecule has 79 heavy (non-hydrogen) atoms. The van der Waals surface area contributed by atoms with Gasteiger partial charge in [0.05, 0.1) is 25.4 Å². The molecule has 1 aliphatic heterocycles. The van der Waals surface area contributed by atoms with E-state index in [-0.39, 0.29) is 19.4 Å². The second-order valence-electron chi connectivity index (χ2n) is 21.9. The minimum absolute atomic E-state index is 0.0707. The highest BCUT2D eigenvalue weighted by Gasteiger charge is 2.47. The SMILES string of the molecule is CC/C=C/C=C/C=C\C=C/C=C/CCCCCC(=O)OC1C(OCC(NC(=O)C(O)CCCCCCCCCCCCCCCC/C=C\C/C=C\CCCCC)C(O)/C=C/CCCCCCCCCCC)OC(CO)C(O)C1O. The van der Waals surface area contributed by atoms with Gasteiger partial charge in [-0.3, -0.25) is 9.59 Å². The molecule has 11 nitrogen and oxygen atoms in total. The molecule has 0 bridgehead atoms. The van der Waals surface area contributed by atoms with Crippen LogP contribution in [0.4, 0.5) is 0 Å². The van der Waals surface area contributed by atoms with E-state index in [4.69, 9.17) is 14.2 Å². The normalized spacial score (nSPS) is 19.5. The molecule has 0 saturated carbocycles. The van der Waals surface area contributed by atoms with Gasteiger partial charge in [-0.25, -0.2) is 0 Å². The van der Waals surface area contributed by atoms with Gasteiger partial charge in [-0.1, -0.05) is 272 Å². The van der Waals surface area contributed by atoms with Crippen LogP contribution in [0, 0.1) is 0 Å². The first kappa shape index (κ1) is 73.6. The van der Waals surface area contributed by atoms with Crippen LogP contribution in [0.1, 0.15) is 258 Å². The standard InChI is InChI=1S/C68H117NO10/c1-4-7-10-13-16-19-22-24-26-27-28-29-30-31-32-33-34-36-37-40-43-46-49-52-55-61(72)67(76)69-59(60(71)54-51-48-45-42-39-21-18-15-12-9-6-3)58-77-68-66(65(75)64(74)62(57-70)78-68)79-63(73)56-53-50-47-44-41-38-35-25-23-20-17-14-11-8-5-2/h8,11,14,16-17,19-20,23-26,35,38,41,51,54,59-62,64-66,68,70-72,74-75H,4-7,9-10,12-13,15,18,21-22,27-34,36-37,39-40,42-50,52-53,55-58H2,1-3H3,(H,69,76)/b11-8+,17-14+,19-16-,23-20-,26-24-,35-25-,41-38+,54-51+. The average Bonchev–Trinajstić information content (AvgIpc) is 3.47. The Labute approximate surface area is 482 Å². The highest BCUT2D eigenvalue weighted by atomic mass is 16.7. The lowest BCUT2D eigenvalue weighted by Crippen LogP contribution is -2.61. The smallest absolute Gasteiger partial charge is 0.306 e. The highest BCUT2D eigenvalue weighted by molar-refractivity contribution is 5.80. The second kappa shape index (κ2) is 55.1. The minimum Gasteiger partial charge on any atom is -0.454 e. The summed E-state index contributed by atoms with van der Waals surface area (Å²) in [5.74, 6) is -1.24. The summed E-state index contributed by atoms with van der Waals surface area (Å²) in [7, 11) is 0. The Kier molecular flexibility index (Phi) is 51.4. The van der Waals surface area contributed by atoms with E-state index in [9.17, 15) is 35.1 Å². The monoisotopic (exact) mass is 1110 g/mol. The van der Waals surface area contributed by atoms with Crippen LogP contribution in [0.15, 0.2) is 97.2 Å². The predicted molar refractivity (Wildman–Crippen MR) is 329 cm³/mol. The molecule has 0 aromatic carbocycles. The number of aliphatic hydroxyl groups is 5. The summed E-state index contributed by atoms with van der Waals surface area (Å²) in [5, 5.41) is 57.0. The van der Waals surface area contributed by atoms with Crippen molar-refractivity contribution in [2.75, 3.05) is 13.2 Å². The number of unbranched alkanes of at least 4 members (excludes halogenated alkanes) is 29. The molecule has 1 saturated heterocycles. The zero-order valence-corrected chi connectivity index (χ0v) is 50.2. The quantitative estimate of drug-likeness (QED) is 0.0149. The number of carbonyl (C=O) groups is 2. The molecule has 0 aromatic rings. The largest absolute Gasteiger partial charge is 0.454 e. The van der Waals surface area contributed by atoms with Gasteiger partial charge in [0.15, 0.2) is 12.4 Å². The van der Waals surface area contributed by atoms with Crippen LogP contribution in [-0.4, -0.2) is 99.6 Å². The van der Waals surface area contributed by atoms with E-state index in [1.54, 1.807) is 6.08 Å². The number of aliphatic hydroxyl groups excluding tert-OH is 5. The van der Waals surface area contributed by atoms with Crippen molar-refractivity contribution in [2.45, 2.75) is 307 Å². The fraction of sp³-hybridized carbons (Fsp3) is 0.735. The number of hydrogen-bond acceptors (Lipinski definition) is 10. The number of esters is 1. The van der Waals surface area contributed by atoms with Crippen LogP contribution in [-0.2, 0) is 23.8 Å². The van der Waals surface area contributed by atoms with Crippen LogP contribution in [0.5, 0.6) is 0 Å². The van der Waals surface area contributed by atoms with Gasteiger partial charge in [0.1, 0.15) is 24.4 Å². The Bertz CT molecular complexity index is 1650. The molecule has 6 N–H and O–H groups in total. The summed E-state index contributed by atoms with van der Waals surface area (Å²) in [6, 6.07) is -1.04. The lowest BCUT2D eigenvalue weighted by Gasteiger charge is -2.41. The predicted octanol–water partition coefficient (Wildman–Crippen LogP) is 15.5. The first-order valence-corrected chi connectivity index (χ1v) is 32.1. The van der Waals surface area contributed by atoms with Crippen molar-refractivity contribution in [2.24, 2.45) is 0 Å². The fourth-order valence-electron chi connectivity index (χ4n) is 9.53. The number of hydrogen-bond donors (Lipinski definition) is 6. The molecule has 1 rings (SSSR count). The van der Waals surface area contributed by atoms with Crippen LogP contribution in [0.3, 0.4) is 0 Å². The maximum Gasteiger partial charge on any atom is 0.306 e. The van der Waals surface area contributed by atoms with Crippen molar-refractivity contribution < 1.29 is 49.3 Å². The number of amides is 1. The van der Waals surface area contributed by atoms with Crippen molar-refractivity contribution in [1.29, 1.82) is 0 Å². The summed E-state index contributed by atoms with van der Waals surface area (Å²) in [5.41, 5.74) is 0. The Balaban J connectivity index is 2.62. The lowest BCUT2D eigenvalue weighted by molar-refractivity contribution is -0.305. The Hall–Kier alpha value is -3.42. The van der Waals surface area contributed by atoms with Gasteiger partial charge < -0.3 is 45.1 Å². The highest BCUT2D eigenvalue weighted by Crippen LogP contribution is 2.26. The molecule has 1 amide bonds. The first-order valence-electron chi connectivity index (χ1n) is 32.1. The van der Waals surface area contributed by atoms with E-state index in [0.717, 1.165) is 77.0 Å². The van der Waals surface area contributed by atoms with Gasteiger partial charge in [-0.15, -0.1) is 0 Å². The molecule has 8 atom stereocenters. The summed E-state index contributed by atoms with van der Waals surface area (Å²) in [6.45, 7) is 5.59. The molecule has 1 aliphatic rings. The molecule has 8 unspecified atom stereocenters. The van der Waals surface area contributed by atoms with Gasteiger partial charge in [0.25, 0.3) is 0 Å². The second-order valence-corrected chi connectivity index (χ2v) is 21.9. The molecule has 454 valence electrons. The van der Waals surface area contributed by atoms with Crippen molar-refractivity contribution >= 4 is 11.9 Å². The molecule has 1 fully saturated rings. The number of rotatable bonds is 53. The molecule has 0 aromatic heterocycles. The number of carbonyl (C=O) groups excluding carboxylic acids is 2. The minimum atomic E-state index is -1.64. The topological polar surface area (TPSA) is 175 Å². The van der Waals surface area contributed by atoms with Crippen molar-refractivity contribution in [3.8, 4) is 0 Å². The van der Waals surface area contributed by atoms with Gasteiger partial charge in [0.2, 0.25) is 5.91 Å². The van der Waals surface area contributed by atoms with E-state index in [0.29, 0.717) is 12.8 Å². The third kappa shape index (κ3) is 43.0. The summed E-state index contributed by atoms with van der Waals surface area (Å²) >= 11 is 0. The Morgan fingerprint density at radius 3 is 1.49 bits per heavy atom. The van der Waals surface area contributed by atoms with Gasteiger partial charge in [0, 0.05) is 6.42 Å².